The molecule has 0 saturated carbocycles. The van der Waals surface area contributed by atoms with Crippen LogP contribution in [0.1, 0.15) is 23.2 Å². The number of aromatic nitrogens is 1. The highest BCUT2D eigenvalue weighted by Crippen LogP contribution is 2.31. The van der Waals surface area contributed by atoms with Gasteiger partial charge in [0.15, 0.2) is 0 Å². The van der Waals surface area contributed by atoms with Crippen molar-refractivity contribution in [1.29, 1.82) is 5.26 Å². The molecule has 2 aromatic rings. The van der Waals surface area contributed by atoms with E-state index in [4.69, 9.17) is 24.2 Å². The summed E-state index contributed by atoms with van der Waals surface area (Å²) >= 11 is 0. The Balaban J connectivity index is 1.04. The van der Waals surface area contributed by atoms with E-state index in [1.54, 1.807) is 39.0 Å². The van der Waals surface area contributed by atoms with Crippen molar-refractivity contribution >= 4 is 58.1 Å². The molecule has 24 nitrogen and oxygen atoms in total. The lowest BCUT2D eigenvalue weighted by molar-refractivity contribution is -0.140. The average Bonchev–Trinajstić information content (AvgIpc) is 3.63. The van der Waals surface area contributed by atoms with Crippen LogP contribution in [0, 0.1) is 11.3 Å². The second kappa shape index (κ2) is 29.9. The summed E-state index contributed by atoms with van der Waals surface area (Å²) in [5.74, 6) is -8.45. The molecule has 1 aromatic carbocycles. The molecule has 6 N–H and O–H groups in total. The van der Waals surface area contributed by atoms with Gasteiger partial charge in [0.05, 0.1) is 121 Å². The number of para-hydroxylation sites is 1. The largest absolute Gasteiger partial charge is 0.480 e. The van der Waals surface area contributed by atoms with Crippen LogP contribution < -0.4 is 16.0 Å². The van der Waals surface area contributed by atoms with Crippen LogP contribution >= 0.6 is 0 Å². The van der Waals surface area contributed by atoms with Crippen molar-refractivity contribution in [2.75, 3.05) is 156 Å². The lowest BCUT2D eigenvalue weighted by Gasteiger charge is -2.32. The molecule has 2 aliphatic heterocycles. The summed E-state index contributed by atoms with van der Waals surface area (Å²) in [5.41, 5.74) is 0.774. The van der Waals surface area contributed by atoms with Crippen molar-refractivity contribution in [2.24, 2.45) is 0 Å². The Hall–Kier alpha value is -6.05. The fourth-order valence-electron chi connectivity index (χ4n) is 7.47. The number of carbonyl (C=O) groups excluding carboxylic acids is 4. The van der Waals surface area contributed by atoms with Crippen LogP contribution in [0.3, 0.4) is 0 Å². The molecule has 2 aliphatic rings. The van der Waals surface area contributed by atoms with Crippen LogP contribution in [-0.2, 0) is 47.7 Å². The Labute approximate surface area is 402 Å². The Morgan fingerprint density at radius 3 is 1.70 bits per heavy atom. The highest BCUT2D eigenvalue weighted by atomic mass is 19.3. The number of hydrogen-bond donors (Lipinski definition) is 6. The van der Waals surface area contributed by atoms with Crippen LogP contribution in [0.25, 0.3) is 10.9 Å². The Bertz CT molecular complexity index is 2090. The predicted octanol–water partition coefficient (Wildman–Crippen LogP) is -1.29. The number of halogens is 2. The standard InChI is InChI=1S/C44H62F2N10O14/c45-44(46)24-32(25-47)56(31-44)38(59)26-50-43(66)34-4-6-49-42-33(34)2-1-3-35(42)51-36(57)5-16-67-18-20-69-22-23-70-21-19-68-17-7-48-37(58)27-52-8-10-53(28-39(60)61)12-14-55(30-41(64)65)15-13-54(11-9-52)29-40(62)63/h1-4,6,32H,5,7-24,26-31H2,(H,48,58)(H,50,66)(H,51,57)(H,60,61)(H,62,63)(H,64,65)/t32-/m0/s1. The van der Waals surface area contributed by atoms with Gasteiger partial charge >= 0.3 is 17.9 Å². The van der Waals surface area contributed by atoms with E-state index in [9.17, 15) is 57.7 Å². The molecule has 1 atom stereocenters. The Kier molecular flexibility index (Phi) is 24.1. The number of hydrogen-bond acceptors (Lipinski definition) is 17. The number of fused-ring (bicyclic) bond motifs is 1. The number of likely N-dealkylation sites (tertiary alicyclic amines) is 1. The molecule has 0 aliphatic carbocycles. The molecule has 4 amide bonds. The molecule has 3 heterocycles. The first-order valence-corrected chi connectivity index (χ1v) is 22.7. The summed E-state index contributed by atoms with van der Waals surface area (Å²) in [4.78, 5) is 97.4. The van der Waals surface area contributed by atoms with Crippen molar-refractivity contribution in [1.82, 2.24) is 40.1 Å². The quantitative estimate of drug-likeness (QED) is 0.0568. The van der Waals surface area contributed by atoms with Crippen molar-refractivity contribution in [2.45, 2.75) is 24.8 Å². The van der Waals surface area contributed by atoms with Gasteiger partial charge < -0.3 is 55.1 Å². The Morgan fingerprint density at radius 1 is 0.686 bits per heavy atom. The number of alkyl halides is 2. The van der Waals surface area contributed by atoms with E-state index in [0.29, 0.717) is 42.8 Å². The minimum Gasteiger partial charge on any atom is -0.480 e. The van der Waals surface area contributed by atoms with Crippen molar-refractivity contribution in [3.63, 3.8) is 0 Å². The van der Waals surface area contributed by atoms with Gasteiger partial charge in [0.25, 0.3) is 11.8 Å². The molecule has 26 heteroatoms. The summed E-state index contributed by atoms with van der Waals surface area (Å²) < 4.78 is 49.6. The van der Waals surface area contributed by atoms with Gasteiger partial charge in [-0.25, -0.2) is 8.78 Å². The lowest BCUT2D eigenvalue weighted by Crippen LogP contribution is -2.50. The van der Waals surface area contributed by atoms with E-state index < -0.39 is 61.2 Å². The third-order valence-electron chi connectivity index (χ3n) is 11.0. The summed E-state index contributed by atoms with van der Waals surface area (Å²) in [6.07, 6.45) is 0.595. The first kappa shape index (κ1) is 56.5. The van der Waals surface area contributed by atoms with Crippen LogP contribution in [0.4, 0.5) is 14.5 Å². The van der Waals surface area contributed by atoms with Crippen LogP contribution in [0.5, 0.6) is 0 Å². The number of carboxylic acid groups (broad SMARTS) is 3. The van der Waals surface area contributed by atoms with Gasteiger partial charge in [-0.05, 0) is 12.1 Å². The van der Waals surface area contributed by atoms with Crippen molar-refractivity contribution in [3.8, 4) is 6.07 Å². The third kappa shape index (κ3) is 20.9. The first-order chi connectivity index (χ1) is 33.5. The number of amides is 4. The minimum atomic E-state index is -3.19. The average molecular weight is 993 g/mol. The number of rotatable bonds is 27. The normalized spacial score (nSPS) is 17.5. The van der Waals surface area contributed by atoms with E-state index >= 15 is 0 Å². The highest BCUT2D eigenvalue weighted by molar-refractivity contribution is 6.10. The van der Waals surface area contributed by atoms with Crippen molar-refractivity contribution in [3.05, 3.63) is 36.0 Å². The maximum atomic E-state index is 13.8. The first-order valence-electron chi connectivity index (χ1n) is 22.7. The number of carboxylic acids is 3. The molecule has 0 radical (unpaired) electrons. The number of nitrogens with zero attached hydrogens (tertiary/aromatic N) is 7. The maximum absolute atomic E-state index is 13.8. The SMILES string of the molecule is N#C[C@@H]1CC(F)(F)CN1C(=O)CNC(=O)c1ccnc2c(NC(=O)CCOCCOCCOCCOCCNC(=O)CN3CCN(CC(=O)O)CCN(CC(=O)O)CCN(CC(=O)O)CC3)cccc12. The zero-order valence-electron chi connectivity index (χ0n) is 38.9. The zero-order chi connectivity index (χ0) is 50.9. The fraction of sp³-hybridized carbons (Fsp3) is 0.614. The van der Waals surface area contributed by atoms with Gasteiger partial charge in [0, 0.05) is 76.9 Å². The Morgan fingerprint density at radius 2 is 1.19 bits per heavy atom. The number of pyridine rings is 1. The van der Waals surface area contributed by atoms with Crippen LogP contribution in [0.15, 0.2) is 30.5 Å². The molecular formula is C44H62F2N10O14. The second-order valence-electron chi connectivity index (χ2n) is 16.4. The smallest absolute Gasteiger partial charge is 0.317 e. The van der Waals surface area contributed by atoms with E-state index in [0.717, 1.165) is 4.90 Å². The second-order valence-corrected chi connectivity index (χ2v) is 16.4. The molecule has 0 bridgehead atoms. The molecular weight excluding hydrogens is 931 g/mol. The maximum Gasteiger partial charge on any atom is 0.317 e. The topological polar surface area (TPSA) is 306 Å². The van der Waals surface area contributed by atoms with Gasteiger partial charge in [0.2, 0.25) is 17.7 Å². The number of anilines is 1. The molecule has 0 spiro atoms. The summed E-state index contributed by atoms with van der Waals surface area (Å²) in [5, 5.41) is 45.7. The number of nitrogens with one attached hydrogen (secondary N) is 3. The number of carbonyl (C=O) groups is 7. The van der Waals surface area contributed by atoms with E-state index in [1.807, 2.05) is 4.90 Å². The lowest BCUT2D eigenvalue weighted by atomic mass is 10.1. The van der Waals surface area contributed by atoms with Crippen LogP contribution in [-0.4, -0.2) is 249 Å². The molecule has 0 unspecified atom stereocenters. The highest BCUT2D eigenvalue weighted by Gasteiger charge is 2.47. The predicted molar refractivity (Wildman–Crippen MR) is 243 cm³/mol. The van der Waals surface area contributed by atoms with E-state index in [2.05, 4.69) is 20.9 Å². The number of ether oxygens (including phenoxy) is 4. The van der Waals surface area contributed by atoms with Crippen molar-refractivity contribution < 1.29 is 76.6 Å². The summed E-state index contributed by atoms with van der Waals surface area (Å²) in [6.45, 7) is 2.18. The van der Waals surface area contributed by atoms with E-state index in [-0.39, 0.29) is 136 Å². The molecule has 70 heavy (non-hydrogen) atoms. The van der Waals surface area contributed by atoms with Gasteiger partial charge in [-0.2, -0.15) is 5.26 Å². The van der Waals surface area contributed by atoms with Crippen LogP contribution in [0.2, 0.25) is 0 Å². The fourth-order valence-corrected chi connectivity index (χ4v) is 7.47. The van der Waals surface area contributed by atoms with Gasteiger partial charge in [-0.15, -0.1) is 0 Å². The molecule has 1 aromatic heterocycles. The number of benzene rings is 1. The number of nitriles is 1. The molecule has 2 fully saturated rings. The summed E-state index contributed by atoms with van der Waals surface area (Å²) in [6, 6.07) is 6.64. The van der Waals surface area contributed by atoms with Gasteiger partial charge in [-0.3, -0.25) is 58.1 Å². The molecule has 4 rings (SSSR count). The minimum absolute atomic E-state index is 0.00623. The summed E-state index contributed by atoms with van der Waals surface area (Å²) in [7, 11) is 0. The number of aliphatic carboxylic acids is 3. The molecule has 386 valence electrons. The monoisotopic (exact) mass is 992 g/mol. The van der Waals surface area contributed by atoms with Gasteiger partial charge in [0.1, 0.15) is 6.04 Å². The molecule has 2 saturated heterocycles. The van der Waals surface area contributed by atoms with E-state index in [1.165, 1.54) is 12.3 Å². The van der Waals surface area contributed by atoms with Gasteiger partial charge in [-0.1, -0.05) is 12.1 Å². The zero-order valence-corrected chi connectivity index (χ0v) is 38.9. The third-order valence-corrected chi connectivity index (χ3v) is 11.0.